The highest BCUT2D eigenvalue weighted by atomic mass is 16.5. The maximum Gasteiger partial charge on any atom is 0.241 e. The van der Waals surface area contributed by atoms with Crippen molar-refractivity contribution in [2.45, 2.75) is 52.5 Å². The summed E-state index contributed by atoms with van der Waals surface area (Å²) in [5.41, 5.74) is 7.74. The van der Waals surface area contributed by atoms with Crippen molar-refractivity contribution in [3.05, 3.63) is 23.8 Å². The van der Waals surface area contributed by atoms with Gasteiger partial charge in [0.15, 0.2) is 0 Å². The molecule has 118 valence electrons. The van der Waals surface area contributed by atoms with Crippen molar-refractivity contribution in [2.24, 2.45) is 11.7 Å². The average molecular weight is 292 g/mol. The number of hydrogen-bond acceptors (Lipinski definition) is 3. The molecule has 0 bridgehead atoms. The molecule has 1 atom stereocenters. The first kappa shape index (κ1) is 17.5. The molecule has 0 aliphatic carbocycles. The second-order valence-electron chi connectivity index (χ2n) is 6.89. The topological polar surface area (TPSA) is 64.3 Å². The third-order valence-corrected chi connectivity index (χ3v) is 3.39. The summed E-state index contributed by atoms with van der Waals surface area (Å²) in [6.45, 7) is 10.5. The average Bonchev–Trinajstić information content (AvgIpc) is 2.36. The van der Waals surface area contributed by atoms with Crippen molar-refractivity contribution in [3.63, 3.8) is 0 Å². The van der Waals surface area contributed by atoms with Gasteiger partial charge in [0.25, 0.3) is 0 Å². The van der Waals surface area contributed by atoms with Crippen LogP contribution < -0.4 is 15.8 Å². The maximum atomic E-state index is 12.2. The van der Waals surface area contributed by atoms with Gasteiger partial charge in [-0.1, -0.05) is 40.7 Å². The van der Waals surface area contributed by atoms with E-state index in [9.17, 15) is 4.79 Å². The third kappa shape index (κ3) is 5.05. The number of carbonyl (C=O) groups excluding carboxylic acids is 1. The van der Waals surface area contributed by atoms with Crippen molar-refractivity contribution < 1.29 is 9.53 Å². The number of benzene rings is 1. The minimum atomic E-state index is -0.506. The smallest absolute Gasteiger partial charge is 0.241 e. The van der Waals surface area contributed by atoms with Crippen LogP contribution in [0, 0.1) is 5.92 Å². The van der Waals surface area contributed by atoms with E-state index in [1.54, 1.807) is 7.11 Å². The molecule has 0 heterocycles. The van der Waals surface area contributed by atoms with Crippen molar-refractivity contribution in [1.82, 2.24) is 0 Å². The SMILES string of the molecule is COc1ccc(C(C)(C)C)cc1NC(=O)[C@@H](N)CC(C)C. The molecular formula is C17H28N2O2. The fourth-order valence-electron chi connectivity index (χ4n) is 2.11. The van der Waals surface area contributed by atoms with E-state index in [2.05, 4.69) is 26.1 Å². The molecule has 0 saturated heterocycles. The van der Waals surface area contributed by atoms with E-state index >= 15 is 0 Å². The first-order valence-corrected chi connectivity index (χ1v) is 7.40. The van der Waals surface area contributed by atoms with Gasteiger partial charge in [0.1, 0.15) is 5.75 Å². The predicted molar refractivity (Wildman–Crippen MR) is 87.8 cm³/mol. The summed E-state index contributed by atoms with van der Waals surface area (Å²) >= 11 is 0. The molecule has 0 fully saturated rings. The largest absolute Gasteiger partial charge is 0.495 e. The minimum absolute atomic E-state index is 0.00575. The Morgan fingerprint density at radius 3 is 2.43 bits per heavy atom. The van der Waals surface area contributed by atoms with E-state index < -0.39 is 6.04 Å². The van der Waals surface area contributed by atoms with Gasteiger partial charge < -0.3 is 15.8 Å². The molecule has 4 nitrogen and oxygen atoms in total. The van der Waals surface area contributed by atoms with Crippen LogP contribution in [-0.4, -0.2) is 19.1 Å². The molecule has 0 spiro atoms. The van der Waals surface area contributed by atoms with Crippen LogP contribution in [-0.2, 0) is 10.2 Å². The van der Waals surface area contributed by atoms with Crippen LogP contribution in [0.3, 0.4) is 0 Å². The van der Waals surface area contributed by atoms with E-state index in [1.165, 1.54) is 0 Å². The van der Waals surface area contributed by atoms with Gasteiger partial charge in [-0.15, -0.1) is 0 Å². The Bertz CT molecular complexity index is 490. The summed E-state index contributed by atoms with van der Waals surface area (Å²) in [5.74, 6) is 0.856. The van der Waals surface area contributed by atoms with Crippen LogP contribution in [0.2, 0.25) is 0 Å². The molecule has 0 aromatic heterocycles. The van der Waals surface area contributed by atoms with E-state index in [-0.39, 0.29) is 11.3 Å². The Hall–Kier alpha value is -1.55. The van der Waals surface area contributed by atoms with Crippen LogP contribution in [0.5, 0.6) is 5.75 Å². The number of anilines is 1. The summed E-state index contributed by atoms with van der Waals surface area (Å²) in [4.78, 5) is 12.2. The van der Waals surface area contributed by atoms with Crippen molar-refractivity contribution in [2.75, 3.05) is 12.4 Å². The fraction of sp³-hybridized carbons (Fsp3) is 0.588. The Labute approximate surface area is 128 Å². The van der Waals surface area contributed by atoms with Gasteiger partial charge in [-0.2, -0.15) is 0 Å². The van der Waals surface area contributed by atoms with Crippen molar-refractivity contribution >= 4 is 11.6 Å². The Balaban J connectivity index is 2.97. The molecule has 1 aromatic carbocycles. The number of nitrogens with two attached hydrogens (primary N) is 1. The van der Waals surface area contributed by atoms with Gasteiger partial charge in [-0.25, -0.2) is 0 Å². The van der Waals surface area contributed by atoms with E-state index in [0.717, 1.165) is 5.56 Å². The molecule has 0 saturated carbocycles. The van der Waals surface area contributed by atoms with Crippen molar-refractivity contribution in [1.29, 1.82) is 0 Å². The van der Waals surface area contributed by atoms with Gasteiger partial charge in [0.2, 0.25) is 5.91 Å². The van der Waals surface area contributed by atoms with Crippen LogP contribution in [0.25, 0.3) is 0 Å². The molecule has 4 heteroatoms. The molecular weight excluding hydrogens is 264 g/mol. The number of hydrogen-bond donors (Lipinski definition) is 2. The minimum Gasteiger partial charge on any atom is -0.495 e. The first-order chi connectivity index (χ1) is 9.65. The normalized spacial score (nSPS) is 13.1. The van der Waals surface area contributed by atoms with Gasteiger partial charge in [0.05, 0.1) is 18.8 Å². The number of rotatable bonds is 5. The van der Waals surface area contributed by atoms with E-state index in [0.29, 0.717) is 23.8 Å². The lowest BCUT2D eigenvalue weighted by Crippen LogP contribution is -2.36. The molecule has 1 rings (SSSR count). The Morgan fingerprint density at radius 1 is 1.33 bits per heavy atom. The van der Waals surface area contributed by atoms with Crippen molar-refractivity contribution in [3.8, 4) is 5.75 Å². The Kier molecular flexibility index (Phi) is 5.78. The zero-order chi connectivity index (χ0) is 16.2. The predicted octanol–water partition coefficient (Wildman–Crippen LogP) is 3.30. The lowest BCUT2D eigenvalue weighted by Gasteiger charge is -2.22. The summed E-state index contributed by atoms with van der Waals surface area (Å²) in [5, 5.41) is 2.89. The van der Waals surface area contributed by atoms with E-state index in [4.69, 9.17) is 10.5 Å². The highest BCUT2D eigenvalue weighted by molar-refractivity contribution is 5.96. The molecule has 21 heavy (non-hydrogen) atoms. The summed E-state index contributed by atoms with van der Waals surface area (Å²) in [6.07, 6.45) is 0.660. The number of amides is 1. The quantitative estimate of drug-likeness (QED) is 0.875. The zero-order valence-corrected chi connectivity index (χ0v) is 14.0. The molecule has 1 amide bonds. The zero-order valence-electron chi connectivity index (χ0n) is 14.0. The molecule has 0 aliphatic rings. The molecule has 0 aliphatic heterocycles. The number of methoxy groups -OCH3 is 1. The molecule has 3 N–H and O–H groups in total. The number of ether oxygens (including phenoxy) is 1. The summed E-state index contributed by atoms with van der Waals surface area (Å²) < 4.78 is 5.32. The maximum absolute atomic E-state index is 12.2. The number of carbonyl (C=O) groups is 1. The second kappa shape index (κ2) is 6.94. The number of nitrogens with one attached hydrogen (secondary N) is 1. The van der Waals surface area contributed by atoms with Gasteiger partial charge in [-0.05, 0) is 35.4 Å². The van der Waals surface area contributed by atoms with Crippen LogP contribution in [0.15, 0.2) is 18.2 Å². The third-order valence-electron chi connectivity index (χ3n) is 3.39. The molecule has 0 unspecified atom stereocenters. The highest BCUT2D eigenvalue weighted by Gasteiger charge is 2.19. The monoisotopic (exact) mass is 292 g/mol. The Morgan fingerprint density at radius 2 is 1.95 bits per heavy atom. The summed E-state index contributed by atoms with van der Waals surface area (Å²) in [7, 11) is 1.59. The van der Waals surface area contributed by atoms with Gasteiger partial charge >= 0.3 is 0 Å². The lowest BCUT2D eigenvalue weighted by atomic mass is 9.87. The first-order valence-electron chi connectivity index (χ1n) is 7.40. The van der Waals surface area contributed by atoms with Crippen LogP contribution in [0.4, 0.5) is 5.69 Å². The molecule has 0 radical (unpaired) electrons. The van der Waals surface area contributed by atoms with Gasteiger partial charge in [-0.3, -0.25) is 4.79 Å². The van der Waals surface area contributed by atoms with Crippen LogP contribution in [0.1, 0.15) is 46.6 Å². The standard InChI is InChI=1S/C17H28N2O2/c1-11(2)9-13(18)16(20)19-14-10-12(17(3,4)5)7-8-15(14)21-6/h7-8,10-11,13H,9,18H2,1-6H3,(H,19,20)/t13-/m0/s1. The fourth-order valence-corrected chi connectivity index (χ4v) is 2.11. The molecule has 1 aromatic rings. The lowest BCUT2D eigenvalue weighted by molar-refractivity contribution is -0.117. The van der Waals surface area contributed by atoms with Gasteiger partial charge in [0, 0.05) is 0 Å². The highest BCUT2D eigenvalue weighted by Crippen LogP contribution is 2.31. The van der Waals surface area contributed by atoms with Crippen LogP contribution >= 0.6 is 0 Å². The second-order valence-corrected chi connectivity index (χ2v) is 6.89. The van der Waals surface area contributed by atoms with E-state index in [1.807, 2.05) is 32.0 Å². The summed E-state index contributed by atoms with van der Waals surface area (Å²) in [6, 6.07) is 5.35.